The molecule has 0 spiro atoms. The number of nitrogens with zero attached hydrogens (tertiary/aromatic N) is 1. The fourth-order valence-corrected chi connectivity index (χ4v) is 2.31. The first-order valence-corrected chi connectivity index (χ1v) is 6.29. The molecule has 0 saturated heterocycles. The van der Waals surface area contributed by atoms with Crippen LogP contribution in [0, 0.1) is 13.8 Å². The van der Waals surface area contributed by atoms with Gasteiger partial charge in [-0.15, -0.1) is 0 Å². The van der Waals surface area contributed by atoms with Gasteiger partial charge in [0.25, 0.3) is 0 Å². The highest BCUT2D eigenvalue weighted by atomic mass is 35.5. The minimum Gasteiger partial charge on any atom is -0.388 e. The van der Waals surface area contributed by atoms with Crippen molar-refractivity contribution in [1.29, 1.82) is 0 Å². The van der Waals surface area contributed by atoms with Crippen molar-refractivity contribution >= 4 is 11.6 Å². The van der Waals surface area contributed by atoms with Crippen LogP contribution in [0.1, 0.15) is 28.4 Å². The zero-order chi connectivity index (χ0) is 13.1. The van der Waals surface area contributed by atoms with Crippen molar-refractivity contribution in [3.63, 3.8) is 0 Å². The minimum atomic E-state index is -0.548. The number of rotatable bonds is 3. The predicted octanol–water partition coefficient (Wildman–Crippen LogP) is 3.63. The van der Waals surface area contributed by atoms with Gasteiger partial charge in [-0.25, -0.2) is 0 Å². The number of hydrogen-bond acceptors (Lipinski definition) is 2. The Kier molecular flexibility index (Phi) is 4.00. The number of aryl methyl sites for hydroxylation is 2. The van der Waals surface area contributed by atoms with Gasteiger partial charge in [-0.2, -0.15) is 0 Å². The highest BCUT2D eigenvalue weighted by Gasteiger charge is 2.12. The average molecular weight is 262 g/mol. The molecule has 0 bridgehead atoms. The number of pyridine rings is 1. The average Bonchev–Trinajstić information content (AvgIpc) is 2.33. The SMILES string of the molecule is Cc1ccc(CC(O)c2ccncc2C)c(Cl)c1. The summed E-state index contributed by atoms with van der Waals surface area (Å²) in [4.78, 5) is 4.03. The third-order valence-corrected chi connectivity index (χ3v) is 3.40. The third-order valence-electron chi connectivity index (χ3n) is 3.04. The molecule has 1 N–H and O–H groups in total. The Morgan fingerprint density at radius 2 is 2.06 bits per heavy atom. The van der Waals surface area contributed by atoms with Crippen LogP contribution in [0.5, 0.6) is 0 Å². The van der Waals surface area contributed by atoms with E-state index in [9.17, 15) is 5.11 Å². The van der Waals surface area contributed by atoms with E-state index in [0.29, 0.717) is 11.4 Å². The topological polar surface area (TPSA) is 33.1 Å². The molecular weight excluding hydrogens is 246 g/mol. The molecule has 1 aromatic carbocycles. The fraction of sp³-hybridized carbons (Fsp3) is 0.267. The first-order chi connectivity index (χ1) is 8.58. The van der Waals surface area contributed by atoms with Crippen LogP contribution >= 0.6 is 11.6 Å². The van der Waals surface area contributed by atoms with E-state index >= 15 is 0 Å². The maximum Gasteiger partial charge on any atom is 0.0834 e. The zero-order valence-corrected chi connectivity index (χ0v) is 11.3. The molecule has 1 atom stereocenters. The van der Waals surface area contributed by atoms with Crippen molar-refractivity contribution in [2.75, 3.05) is 0 Å². The van der Waals surface area contributed by atoms with Gasteiger partial charge in [-0.3, -0.25) is 4.98 Å². The van der Waals surface area contributed by atoms with Gasteiger partial charge >= 0.3 is 0 Å². The van der Waals surface area contributed by atoms with Crippen molar-refractivity contribution < 1.29 is 5.11 Å². The highest BCUT2D eigenvalue weighted by Crippen LogP contribution is 2.25. The van der Waals surface area contributed by atoms with Crippen LogP contribution in [0.2, 0.25) is 5.02 Å². The summed E-state index contributed by atoms with van der Waals surface area (Å²) in [5.74, 6) is 0. The molecule has 0 aliphatic carbocycles. The third kappa shape index (κ3) is 2.89. The second kappa shape index (κ2) is 5.51. The van der Waals surface area contributed by atoms with E-state index in [1.54, 1.807) is 12.4 Å². The van der Waals surface area contributed by atoms with Crippen LogP contribution in [-0.4, -0.2) is 10.1 Å². The van der Waals surface area contributed by atoms with E-state index in [1.165, 1.54) is 0 Å². The van der Waals surface area contributed by atoms with Crippen LogP contribution in [0.15, 0.2) is 36.7 Å². The van der Waals surface area contributed by atoms with Gasteiger partial charge in [0, 0.05) is 23.8 Å². The Morgan fingerprint density at radius 3 is 2.72 bits per heavy atom. The fourth-order valence-electron chi connectivity index (χ4n) is 1.99. The lowest BCUT2D eigenvalue weighted by Crippen LogP contribution is -2.04. The Bertz CT molecular complexity index is 554. The van der Waals surface area contributed by atoms with E-state index in [1.807, 2.05) is 38.1 Å². The lowest BCUT2D eigenvalue weighted by atomic mass is 9.98. The summed E-state index contributed by atoms with van der Waals surface area (Å²) in [6.07, 6.45) is 3.43. The van der Waals surface area contributed by atoms with E-state index < -0.39 is 6.10 Å². The lowest BCUT2D eigenvalue weighted by Gasteiger charge is -2.14. The van der Waals surface area contributed by atoms with Crippen LogP contribution in [-0.2, 0) is 6.42 Å². The molecule has 0 aliphatic heterocycles. The Balaban J connectivity index is 2.21. The summed E-state index contributed by atoms with van der Waals surface area (Å²) in [5.41, 5.74) is 3.99. The van der Waals surface area contributed by atoms with Crippen LogP contribution in [0.25, 0.3) is 0 Å². The summed E-state index contributed by atoms with van der Waals surface area (Å²) in [6, 6.07) is 7.75. The summed E-state index contributed by atoms with van der Waals surface area (Å²) in [6.45, 7) is 3.95. The molecule has 0 fully saturated rings. The van der Waals surface area contributed by atoms with E-state index in [-0.39, 0.29) is 0 Å². The quantitative estimate of drug-likeness (QED) is 0.915. The molecule has 18 heavy (non-hydrogen) atoms. The highest BCUT2D eigenvalue weighted by molar-refractivity contribution is 6.31. The number of halogens is 1. The van der Waals surface area contributed by atoms with Crippen LogP contribution in [0.4, 0.5) is 0 Å². The van der Waals surface area contributed by atoms with Crippen LogP contribution < -0.4 is 0 Å². The molecule has 1 heterocycles. The molecule has 0 radical (unpaired) electrons. The standard InChI is InChI=1S/C15H16ClNO/c1-10-3-4-12(14(16)7-10)8-15(18)13-5-6-17-9-11(13)2/h3-7,9,15,18H,8H2,1-2H3. The number of aliphatic hydroxyl groups is 1. The molecule has 0 amide bonds. The first-order valence-electron chi connectivity index (χ1n) is 5.91. The minimum absolute atomic E-state index is 0.518. The predicted molar refractivity (Wildman–Crippen MR) is 73.8 cm³/mol. The molecular formula is C15H16ClNO. The number of aromatic nitrogens is 1. The largest absolute Gasteiger partial charge is 0.388 e. The molecule has 2 nitrogen and oxygen atoms in total. The van der Waals surface area contributed by atoms with Crippen molar-refractivity contribution in [3.05, 3.63) is 63.9 Å². The number of hydrogen-bond donors (Lipinski definition) is 1. The molecule has 2 aromatic rings. The Hall–Kier alpha value is -1.38. The molecule has 1 aromatic heterocycles. The molecule has 1 unspecified atom stereocenters. The van der Waals surface area contributed by atoms with Gasteiger partial charge in [-0.1, -0.05) is 23.7 Å². The maximum atomic E-state index is 10.3. The van der Waals surface area contributed by atoms with Crippen molar-refractivity contribution in [2.24, 2.45) is 0 Å². The van der Waals surface area contributed by atoms with Crippen molar-refractivity contribution in [3.8, 4) is 0 Å². The second-order valence-corrected chi connectivity index (χ2v) is 4.95. The Morgan fingerprint density at radius 1 is 1.28 bits per heavy atom. The summed E-state index contributed by atoms with van der Waals surface area (Å²) in [7, 11) is 0. The molecule has 3 heteroatoms. The van der Waals surface area contributed by atoms with E-state index in [2.05, 4.69) is 4.98 Å². The maximum absolute atomic E-state index is 10.3. The Labute approximate surface area is 112 Å². The van der Waals surface area contributed by atoms with Crippen LogP contribution in [0.3, 0.4) is 0 Å². The molecule has 0 aliphatic rings. The second-order valence-electron chi connectivity index (χ2n) is 4.55. The molecule has 0 saturated carbocycles. The van der Waals surface area contributed by atoms with Gasteiger partial charge in [-0.05, 0) is 48.2 Å². The summed E-state index contributed by atoms with van der Waals surface area (Å²) in [5, 5.41) is 11.0. The van der Waals surface area contributed by atoms with Gasteiger partial charge < -0.3 is 5.11 Å². The summed E-state index contributed by atoms with van der Waals surface area (Å²) < 4.78 is 0. The monoisotopic (exact) mass is 261 g/mol. The smallest absolute Gasteiger partial charge is 0.0834 e. The van der Waals surface area contributed by atoms with E-state index in [0.717, 1.165) is 22.3 Å². The van der Waals surface area contributed by atoms with Gasteiger partial charge in [0.1, 0.15) is 0 Å². The first kappa shape index (κ1) is 13.1. The zero-order valence-electron chi connectivity index (χ0n) is 10.5. The van der Waals surface area contributed by atoms with Gasteiger partial charge in [0.2, 0.25) is 0 Å². The normalized spacial score (nSPS) is 12.4. The summed E-state index contributed by atoms with van der Waals surface area (Å²) >= 11 is 6.18. The van der Waals surface area contributed by atoms with Gasteiger partial charge in [0.05, 0.1) is 6.10 Å². The number of benzene rings is 1. The van der Waals surface area contributed by atoms with Crippen molar-refractivity contribution in [1.82, 2.24) is 4.98 Å². The molecule has 94 valence electrons. The molecule has 2 rings (SSSR count). The van der Waals surface area contributed by atoms with Crippen molar-refractivity contribution in [2.45, 2.75) is 26.4 Å². The lowest BCUT2D eigenvalue weighted by molar-refractivity contribution is 0.177. The van der Waals surface area contributed by atoms with E-state index in [4.69, 9.17) is 11.6 Å². The number of aliphatic hydroxyl groups excluding tert-OH is 1. The van der Waals surface area contributed by atoms with Gasteiger partial charge in [0.15, 0.2) is 0 Å².